The Hall–Kier alpha value is -1.24. The number of aromatic nitrogens is 2. The number of nitrogens with zero attached hydrogens (tertiary/aromatic N) is 2. The molecule has 5 N–H and O–H groups in total. The van der Waals surface area contributed by atoms with Crippen molar-refractivity contribution in [1.29, 1.82) is 0 Å². The summed E-state index contributed by atoms with van der Waals surface area (Å²) in [6, 6.07) is 3.09. The maximum atomic E-state index is 9.69. The Bertz CT molecular complexity index is 291. The zero-order valence-electron chi connectivity index (χ0n) is 8.59. The summed E-state index contributed by atoms with van der Waals surface area (Å²) in [5.41, 5.74) is 5.68. The second-order valence-electron chi connectivity index (χ2n) is 3.29. The number of hydrogen-bond acceptors (Lipinski definition) is 6. The van der Waals surface area contributed by atoms with Crippen LogP contribution in [0, 0.1) is 0 Å². The Morgan fingerprint density at radius 1 is 1.40 bits per heavy atom. The van der Waals surface area contributed by atoms with Gasteiger partial charge in [-0.2, -0.15) is 5.10 Å². The number of nitrogens with two attached hydrogens (primary N) is 1. The molecule has 0 saturated heterocycles. The minimum atomic E-state index is -1.02. The van der Waals surface area contributed by atoms with E-state index in [4.69, 9.17) is 5.73 Å². The molecule has 1 heterocycles. The van der Waals surface area contributed by atoms with Gasteiger partial charge in [-0.05, 0) is 32.1 Å². The smallest absolute Gasteiger partial charge is 0.146 e. The van der Waals surface area contributed by atoms with Gasteiger partial charge in [-0.25, -0.2) is 0 Å². The molecule has 0 aromatic carbocycles. The number of anilines is 1. The lowest BCUT2D eigenvalue weighted by Gasteiger charge is -2.16. The van der Waals surface area contributed by atoms with Crippen LogP contribution >= 0.6 is 0 Å². The van der Waals surface area contributed by atoms with Crippen LogP contribution in [-0.4, -0.2) is 40.1 Å². The molecule has 0 aliphatic rings. The summed E-state index contributed by atoms with van der Waals surface area (Å²) >= 11 is 0. The van der Waals surface area contributed by atoms with Gasteiger partial charge < -0.3 is 21.3 Å². The van der Waals surface area contributed by atoms with E-state index in [1.165, 1.54) is 6.07 Å². The molecule has 0 saturated carbocycles. The van der Waals surface area contributed by atoms with Crippen LogP contribution in [0.15, 0.2) is 12.1 Å². The van der Waals surface area contributed by atoms with Gasteiger partial charge in [-0.3, -0.25) is 0 Å². The molecule has 0 amide bonds. The fourth-order valence-corrected chi connectivity index (χ4v) is 1.16. The molecule has 6 nitrogen and oxygen atoms in total. The summed E-state index contributed by atoms with van der Waals surface area (Å²) in [4.78, 5) is 0. The number of hydrogen-bond donors (Lipinski definition) is 4. The number of aliphatic hydroxyl groups is 2. The summed E-state index contributed by atoms with van der Waals surface area (Å²) < 4.78 is 0. The minimum Gasteiger partial charge on any atom is -0.390 e. The molecule has 0 fully saturated rings. The average molecular weight is 212 g/mol. The highest BCUT2D eigenvalue weighted by atomic mass is 16.3. The zero-order chi connectivity index (χ0) is 11.3. The fourth-order valence-electron chi connectivity index (χ4n) is 1.16. The third kappa shape index (κ3) is 3.43. The third-order valence-corrected chi connectivity index (χ3v) is 2.06. The van der Waals surface area contributed by atoms with Crippen LogP contribution in [0.5, 0.6) is 0 Å². The van der Waals surface area contributed by atoms with E-state index < -0.39 is 12.2 Å². The van der Waals surface area contributed by atoms with E-state index in [0.29, 0.717) is 18.7 Å². The quantitative estimate of drug-likeness (QED) is 0.502. The summed E-state index contributed by atoms with van der Waals surface area (Å²) in [5.74, 6) is 0.288. The lowest BCUT2D eigenvalue weighted by atomic mass is 10.1. The molecular weight excluding hydrogens is 196 g/mol. The van der Waals surface area contributed by atoms with Crippen LogP contribution in [0.25, 0.3) is 0 Å². The van der Waals surface area contributed by atoms with Crippen LogP contribution in [0.3, 0.4) is 0 Å². The van der Waals surface area contributed by atoms with Gasteiger partial charge >= 0.3 is 0 Å². The van der Waals surface area contributed by atoms with Crippen molar-refractivity contribution >= 4 is 5.82 Å². The van der Waals surface area contributed by atoms with E-state index >= 15 is 0 Å². The van der Waals surface area contributed by atoms with E-state index in [1.807, 2.05) is 0 Å². The molecule has 84 valence electrons. The third-order valence-electron chi connectivity index (χ3n) is 2.06. The summed E-state index contributed by atoms with van der Waals surface area (Å²) in [6.07, 6.45) is -1.43. The van der Waals surface area contributed by atoms with Gasteiger partial charge in [0.2, 0.25) is 0 Å². The first-order valence-corrected chi connectivity index (χ1v) is 4.75. The van der Waals surface area contributed by atoms with Crippen molar-refractivity contribution in [2.45, 2.75) is 18.6 Å². The Morgan fingerprint density at radius 2 is 2.13 bits per heavy atom. The second kappa shape index (κ2) is 5.59. The normalized spacial score (nSPS) is 14.9. The van der Waals surface area contributed by atoms with Crippen LogP contribution in [0.4, 0.5) is 5.82 Å². The van der Waals surface area contributed by atoms with E-state index in [-0.39, 0.29) is 5.82 Å². The highest BCUT2D eigenvalue weighted by Crippen LogP contribution is 2.16. The molecule has 6 heteroatoms. The number of rotatable bonds is 5. The number of aliphatic hydroxyl groups excluding tert-OH is 2. The van der Waals surface area contributed by atoms with Gasteiger partial charge in [-0.15, -0.1) is 5.10 Å². The van der Waals surface area contributed by atoms with Crippen molar-refractivity contribution in [2.75, 3.05) is 19.3 Å². The van der Waals surface area contributed by atoms with E-state index in [2.05, 4.69) is 15.5 Å². The Labute approximate surface area is 88.1 Å². The van der Waals surface area contributed by atoms with Crippen molar-refractivity contribution in [2.24, 2.45) is 0 Å². The first-order chi connectivity index (χ1) is 7.15. The Kier molecular flexibility index (Phi) is 4.41. The maximum Gasteiger partial charge on any atom is 0.146 e. The highest BCUT2D eigenvalue weighted by molar-refractivity contribution is 5.26. The first-order valence-electron chi connectivity index (χ1n) is 4.75. The first kappa shape index (κ1) is 11.8. The summed E-state index contributed by atoms with van der Waals surface area (Å²) in [7, 11) is 1.78. The van der Waals surface area contributed by atoms with Crippen LogP contribution < -0.4 is 11.1 Å². The molecule has 15 heavy (non-hydrogen) atoms. The predicted octanol–water partition coefficient (Wildman–Crippen LogP) is -0.937. The zero-order valence-corrected chi connectivity index (χ0v) is 8.59. The van der Waals surface area contributed by atoms with Crippen molar-refractivity contribution < 1.29 is 10.2 Å². The topological polar surface area (TPSA) is 104 Å². The van der Waals surface area contributed by atoms with Gasteiger partial charge in [0.1, 0.15) is 11.9 Å². The van der Waals surface area contributed by atoms with E-state index in [1.54, 1.807) is 13.1 Å². The Morgan fingerprint density at radius 3 is 2.67 bits per heavy atom. The van der Waals surface area contributed by atoms with E-state index in [0.717, 1.165) is 0 Å². The van der Waals surface area contributed by atoms with Crippen molar-refractivity contribution in [1.82, 2.24) is 15.5 Å². The SMILES string of the molecule is CNCCC(O)C(O)c1ccc(N)nn1. The monoisotopic (exact) mass is 212 g/mol. The molecule has 1 rings (SSSR count). The molecule has 0 bridgehead atoms. The molecule has 1 aromatic rings. The standard InChI is InChI=1S/C9H16N4O2/c1-11-5-4-7(14)9(15)6-2-3-8(10)13-12-6/h2-3,7,9,11,14-15H,4-5H2,1H3,(H2,10,13). The average Bonchev–Trinajstić information content (AvgIpc) is 2.26. The lowest BCUT2D eigenvalue weighted by molar-refractivity contribution is 0.0110. The van der Waals surface area contributed by atoms with Crippen molar-refractivity contribution in [3.8, 4) is 0 Å². The molecule has 2 unspecified atom stereocenters. The number of nitrogen functional groups attached to an aromatic ring is 1. The van der Waals surface area contributed by atoms with Gasteiger partial charge in [0, 0.05) is 0 Å². The highest BCUT2D eigenvalue weighted by Gasteiger charge is 2.19. The summed E-state index contributed by atoms with van der Waals surface area (Å²) in [6.45, 7) is 0.626. The van der Waals surface area contributed by atoms with Crippen LogP contribution in [0.1, 0.15) is 18.2 Å². The van der Waals surface area contributed by atoms with Gasteiger partial charge in [-0.1, -0.05) is 0 Å². The molecule has 0 aliphatic carbocycles. The van der Waals surface area contributed by atoms with Gasteiger partial charge in [0.05, 0.1) is 11.8 Å². The largest absolute Gasteiger partial charge is 0.390 e. The van der Waals surface area contributed by atoms with Crippen LogP contribution in [-0.2, 0) is 0 Å². The molecular formula is C9H16N4O2. The summed E-state index contributed by atoms with van der Waals surface area (Å²) in [5, 5.41) is 29.5. The van der Waals surface area contributed by atoms with E-state index in [9.17, 15) is 10.2 Å². The van der Waals surface area contributed by atoms with Crippen LogP contribution in [0.2, 0.25) is 0 Å². The predicted molar refractivity (Wildman–Crippen MR) is 56.0 cm³/mol. The van der Waals surface area contributed by atoms with Gasteiger partial charge in [0.25, 0.3) is 0 Å². The number of nitrogens with one attached hydrogen (secondary N) is 1. The second-order valence-corrected chi connectivity index (χ2v) is 3.29. The minimum absolute atomic E-state index is 0.288. The van der Waals surface area contributed by atoms with Gasteiger partial charge in [0.15, 0.2) is 0 Å². The molecule has 0 spiro atoms. The maximum absolute atomic E-state index is 9.69. The van der Waals surface area contributed by atoms with Crippen molar-refractivity contribution in [3.05, 3.63) is 17.8 Å². The molecule has 1 aromatic heterocycles. The van der Waals surface area contributed by atoms with Crippen molar-refractivity contribution in [3.63, 3.8) is 0 Å². The fraction of sp³-hybridized carbons (Fsp3) is 0.556. The molecule has 0 radical (unpaired) electrons. The Balaban J connectivity index is 2.59. The molecule has 0 aliphatic heterocycles. The molecule has 2 atom stereocenters. The lowest BCUT2D eigenvalue weighted by Crippen LogP contribution is -2.24.